The summed E-state index contributed by atoms with van der Waals surface area (Å²) in [5.74, 6) is -0.840. The largest absolute Gasteiger partial charge is 0.493 e. The van der Waals surface area contributed by atoms with Gasteiger partial charge in [0.25, 0.3) is 5.56 Å². The lowest BCUT2D eigenvalue weighted by atomic mass is 9.83. The van der Waals surface area contributed by atoms with E-state index in [1.165, 1.54) is 28.4 Å². The smallest absolute Gasteiger partial charge is 0.338 e. The van der Waals surface area contributed by atoms with Gasteiger partial charge >= 0.3 is 11.9 Å². The van der Waals surface area contributed by atoms with Crippen molar-refractivity contribution in [1.82, 2.24) is 4.57 Å². The van der Waals surface area contributed by atoms with Crippen LogP contribution in [-0.4, -0.2) is 58.2 Å². The lowest BCUT2D eigenvalue weighted by molar-refractivity contribution is -0.138. The van der Waals surface area contributed by atoms with E-state index in [1.807, 2.05) is 0 Å². The molecule has 12 heteroatoms. The van der Waals surface area contributed by atoms with E-state index in [1.54, 1.807) is 56.3 Å². The van der Waals surface area contributed by atoms with Crippen LogP contribution in [0.15, 0.2) is 46.8 Å². The van der Waals surface area contributed by atoms with Crippen LogP contribution in [0.1, 0.15) is 30.9 Å². The highest BCUT2D eigenvalue weighted by molar-refractivity contribution is 7.07. The minimum absolute atomic E-state index is 0.0483. The van der Waals surface area contributed by atoms with Crippen LogP contribution < -0.4 is 39.4 Å². The first-order valence-corrected chi connectivity index (χ1v) is 13.8. The zero-order chi connectivity index (χ0) is 30.6. The van der Waals surface area contributed by atoms with Gasteiger partial charge in [0, 0.05) is 0 Å². The number of ether oxygens (including phenoxy) is 6. The van der Waals surface area contributed by atoms with Crippen molar-refractivity contribution in [2.24, 2.45) is 5.73 Å². The third-order valence-electron chi connectivity index (χ3n) is 6.59. The Morgan fingerprint density at radius 3 is 1.95 bits per heavy atom. The van der Waals surface area contributed by atoms with Gasteiger partial charge < -0.3 is 34.2 Å². The number of methoxy groups -OCH3 is 4. The lowest BCUT2D eigenvalue weighted by Gasteiger charge is -2.27. The van der Waals surface area contributed by atoms with Crippen molar-refractivity contribution in [3.8, 4) is 23.0 Å². The zero-order valence-electron chi connectivity index (χ0n) is 24.1. The predicted octanol–water partition coefficient (Wildman–Crippen LogP) is 1.97. The first-order chi connectivity index (χ1) is 20.2. The number of carbonyl (C=O) groups is 2. The molecule has 0 unspecified atom stereocenters. The van der Waals surface area contributed by atoms with Gasteiger partial charge in [-0.25, -0.2) is 9.59 Å². The number of benzene rings is 2. The summed E-state index contributed by atoms with van der Waals surface area (Å²) < 4.78 is 34.0. The fraction of sp³-hybridized carbons (Fsp3) is 0.300. The molecule has 1 aliphatic heterocycles. The summed E-state index contributed by atoms with van der Waals surface area (Å²) in [5, 5.41) is 0. The van der Waals surface area contributed by atoms with Crippen LogP contribution in [0.25, 0.3) is 17.5 Å². The van der Waals surface area contributed by atoms with Gasteiger partial charge in [0.15, 0.2) is 23.0 Å². The zero-order valence-corrected chi connectivity index (χ0v) is 25.0. The van der Waals surface area contributed by atoms with Crippen LogP contribution in [0, 0.1) is 0 Å². The summed E-state index contributed by atoms with van der Waals surface area (Å²) >= 11 is 1.05. The Morgan fingerprint density at radius 1 is 0.833 bits per heavy atom. The van der Waals surface area contributed by atoms with Crippen LogP contribution in [-0.2, 0) is 19.1 Å². The molecule has 0 radical (unpaired) electrons. The quantitative estimate of drug-likeness (QED) is 0.346. The molecule has 1 atom stereocenters. The number of nitrogens with zero attached hydrogens (tertiary/aromatic N) is 1. The predicted molar refractivity (Wildman–Crippen MR) is 157 cm³/mol. The maximum absolute atomic E-state index is 13.8. The lowest BCUT2D eigenvalue weighted by Crippen LogP contribution is -2.42. The number of rotatable bonds is 10. The average molecular weight is 597 g/mol. The van der Waals surface area contributed by atoms with Gasteiger partial charge in [-0.15, -0.1) is 11.3 Å². The molecule has 2 N–H and O–H groups in total. The van der Waals surface area contributed by atoms with Crippen LogP contribution in [0.4, 0.5) is 0 Å². The van der Waals surface area contributed by atoms with Gasteiger partial charge in [0.2, 0.25) is 0 Å². The topological polar surface area (TPSA) is 138 Å². The van der Waals surface area contributed by atoms with Gasteiger partial charge in [-0.3, -0.25) is 9.36 Å². The van der Waals surface area contributed by atoms with Crippen LogP contribution in [0.5, 0.6) is 23.0 Å². The Labute approximate surface area is 246 Å². The Morgan fingerprint density at radius 2 is 1.38 bits per heavy atom. The molecule has 11 nitrogen and oxygen atoms in total. The molecule has 3 aromatic rings. The molecule has 2 heterocycles. The second-order valence-electron chi connectivity index (χ2n) is 8.87. The Kier molecular flexibility index (Phi) is 9.26. The van der Waals surface area contributed by atoms with Crippen molar-refractivity contribution in [2.75, 3.05) is 41.7 Å². The average Bonchev–Trinajstić information content (AvgIpc) is 3.31. The maximum Gasteiger partial charge on any atom is 0.338 e. The van der Waals surface area contributed by atoms with Crippen LogP contribution in [0.2, 0.25) is 0 Å². The third-order valence-corrected chi connectivity index (χ3v) is 7.69. The molecule has 0 bridgehead atoms. The van der Waals surface area contributed by atoms with Gasteiger partial charge in [0.1, 0.15) is 10.5 Å². The molecule has 0 aliphatic carbocycles. The molecule has 0 amide bonds. The second kappa shape index (κ2) is 12.9. The van der Waals surface area contributed by atoms with Crippen molar-refractivity contribution in [1.29, 1.82) is 0 Å². The SMILES string of the molecule is CCOC(=O)C1=C(N)n2c(s/c(=C/c3ccc(OC)c(OC)c3)c2=O)=C(C(=O)OCC)[C@@H]1c1ccc(OC)c(OC)c1. The van der Waals surface area contributed by atoms with Crippen LogP contribution >= 0.6 is 11.3 Å². The van der Waals surface area contributed by atoms with Crippen molar-refractivity contribution in [2.45, 2.75) is 19.8 Å². The summed E-state index contributed by atoms with van der Waals surface area (Å²) in [6, 6.07) is 10.2. The first-order valence-electron chi connectivity index (χ1n) is 13.0. The van der Waals surface area contributed by atoms with Crippen LogP contribution in [0.3, 0.4) is 0 Å². The summed E-state index contributed by atoms with van der Waals surface area (Å²) in [6.07, 6.45) is 1.64. The monoisotopic (exact) mass is 596 g/mol. The minimum atomic E-state index is -1.03. The number of hydrogen-bond acceptors (Lipinski definition) is 11. The molecule has 0 saturated heterocycles. The van der Waals surface area contributed by atoms with E-state index in [0.29, 0.717) is 34.1 Å². The third kappa shape index (κ3) is 5.45. The maximum atomic E-state index is 13.8. The molecule has 0 fully saturated rings. The second-order valence-corrected chi connectivity index (χ2v) is 9.90. The van der Waals surface area contributed by atoms with Gasteiger partial charge in [-0.1, -0.05) is 12.1 Å². The van der Waals surface area contributed by atoms with E-state index < -0.39 is 23.4 Å². The molecule has 0 spiro atoms. The Balaban J connectivity index is 2.10. The van der Waals surface area contributed by atoms with Gasteiger partial charge in [-0.2, -0.15) is 0 Å². The van der Waals surface area contributed by atoms with Crippen molar-refractivity contribution in [3.63, 3.8) is 0 Å². The number of hydrogen-bond donors (Lipinski definition) is 1. The van der Waals surface area contributed by atoms with Gasteiger partial charge in [-0.05, 0) is 55.3 Å². The van der Waals surface area contributed by atoms with Crippen molar-refractivity contribution >= 4 is 40.7 Å². The minimum Gasteiger partial charge on any atom is -0.493 e. The van der Waals surface area contributed by atoms with E-state index in [2.05, 4.69) is 0 Å². The molecule has 2 aromatic carbocycles. The fourth-order valence-electron chi connectivity index (χ4n) is 4.72. The summed E-state index contributed by atoms with van der Waals surface area (Å²) in [7, 11) is 6.01. The normalized spacial score (nSPS) is 14.8. The van der Waals surface area contributed by atoms with E-state index in [-0.39, 0.29) is 39.4 Å². The van der Waals surface area contributed by atoms with E-state index >= 15 is 0 Å². The highest BCUT2D eigenvalue weighted by atomic mass is 32.1. The molecule has 42 heavy (non-hydrogen) atoms. The van der Waals surface area contributed by atoms with E-state index in [9.17, 15) is 14.4 Å². The highest BCUT2D eigenvalue weighted by Crippen LogP contribution is 2.41. The first kappa shape index (κ1) is 30.3. The molecule has 0 saturated carbocycles. The molecule has 222 valence electrons. The van der Waals surface area contributed by atoms with Crippen molar-refractivity contribution in [3.05, 3.63) is 72.6 Å². The number of thiazole rings is 1. The van der Waals surface area contributed by atoms with E-state index in [4.69, 9.17) is 34.2 Å². The number of fused-ring (bicyclic) bond motifs is 1. The molecular formula is C30H32N2O9S. The van der Waals surface area contributed by atoms with Crippen molar-refractivity contribution < 1.29 is 38.0 Å². The Hall–Kier alpha value is -4.71. The summed E-state index contributed by atoms with van der Waals surface area (Å²) in [6.45, 7) is 3.43. The summed E-state index contributed by atoms with van der Waals surface area (Å²) in [5.41, 5.74) is 7.19. The van der Waals surface area contributed by atoms with E-state index in [0.717, 1.165) is 15.9 Å². The standard InChI is InChI=1S/C30H32N2O9S/c1-7-40-29(34)24-23(17-10-12-19(37-4)21(15-17)39-6)25(30(35)41-8-2)28-32(26(24)31)27(33)22(42-28)14-16-9-11-18(36-3)20(13-16)38-5/h9-15,23H,7-8,31H2,1-6H3/b22-14+/t23-/m1/s1. The number of nitrogens with two attached hydrogens (primary N) is 1. The number of carbonyl (C=O) groups excluding carboxylic acids is 2. The highest BCUT2D eigenvalue weighted by Gasteiger charge is 2.40. The summed E-state index contributed by atoms with van der Waals surface area (Å²) in [4.78, 5) is 40.8. The number of esters is 2. The van der Waals surface area contributed by atoms with Gasteiger partial charge in [0.05, 0.1) is 63.2 Å². The molecule has 1 aromatic heterocycles. The fourth-order valence-corrected chi connectivity index (χ4v) is 5.89. The molecular weight excluding hydrogens is 564 g/mol. The molecule has 1 aliphatic rings. The molecule has 4 rings (SSSR count). The number of aromatic nitrogens is 1. The Bertz CT molecular complexity index is 1740.